The molecule has 104 valence electrons. The zero-order valence-electron chi connectivity index (χ0n) is 10.5. The molecule has 0 aliphatic carbocycles. The summed E-state index contributed by atoms with van der Waals surface area (Å²) in [6.07, 6.45) is 0. The van der Waals surface area contributed by atoms with Crippen LogP contribution < -0.4 is 5.32 Å². The van der Waals surface area contributed by atoms with Crippen LogP contribution in [0.5, 0.6) is 0 Å². The van der Waals surface area contributed by atoms with E-state index in [1.807, 2.05) is 12.3 Å². The molecular formula is C12H11N3O4S. The Balaban J connectivity index is 2.18. The van der Waals surface area contributed by atoms with E-state index < -0.39 is 16.6 Å². The van der Waals surface area contributed by atoms with E-state index in [4.69, 9.17) is 5.11 Å². The molecule has 0 bridgehead atoms. The van der Waals surface area contributed by atoms with Crippen LogP contribution in [-0.4, -0.2) is 21.0 Å². The van der Waals surface area contributed by atoms with Crippen molar-refractivity contribution in [1.29, 1.82) is 0 Å². The fourth-order valence-electron chi connectivity index (χ4n) is 1.66. The molecule has 20 heavy (non-hydrogen) atoms. The Morgan fingerprint density at radius 2 is 2.30 bits per heavy atom. The summed E-state index contributed by atoms with van der Waals surface area (Å²) in [5.41, 5.74) is 0.548. The molecule has 2 aromatic rings. The van der Waals surface area contributed by atoms with E-state index in [9.17, 15) is 14.9 Å². The van der Waals surface area contributed by atoms with Gasteiger partial charge in [0, 0.05) is 17.1 Å². The second-order valence-electron chi connectivity index (χ2n) is 4.01. The Hall–Kier alpha value is -2.48. The quantitative estimate of drug-likeness (QED) is 0.648. The number of carbonyl (C=O) groups is 1. The van der Waals surface area contributed by atoms with Gasteiger partial charge in [0.25, 0.3) is 5.69 Å². The molecule has 0 amide bonds. The van der Waals surface area contributed by atoms with Gasteiger partial charge in [-0.05, 0) is 19.1 Å². The zero-order valence-corrected chi connectivity index (χ0v) is 11.3. The molecule has 1 aromatic carbocycles. The third-order valence-electron chi connectivity index (χ3n) is 2.57. The lowest BCUT2D eigenvalue weighted by molar-refractivity contribution is -0.385. The summed E-state index contributed by atoms with van der Waals surface area (Å²) in [5, 5.41) is 25.6. The number of aromatic nitrogens is 1. The van der Waals surface area contributed by atoms with Crippen LogP contribution in [0.2, 0.25) is 0 Å². The summed E-state index contributed by atoms with van der Waals surface area (Å²) in [6, 6.07) is 3.92. The maximum absolute atomic E-state index is 10.9. The number of nitrogens with zero attached hydrogens (tertiary/aromatic N) is 2. The van der Waals surface area contributed by atoms with Crippen molar-refractivity contribution in [3.8, 4) is 0 Å². The average Bonchev–Trinajstić information content (AvgIpc) is 2.81. The van der Waals surface area contributed by atoms with E-state index in [1.54, 1.807) is 0 Å². The number of hydrogen-bond donors (Lipinski definition) is 2. The number of rotatable bonds is 5. The molecule has 0 saturated carbocycles. The SMILES string of the molecule is Cc1nc(CNc2ccc(C(=O)O)c([N+](=O)[O-])c2)cs1. The number of carboxylic acids is 1. The van der Waals surface area contributed by atoms with Crippen LogP contribution in [-0.2, 0) is 6.54 Å². The maximum atomic E-state index is 10.9. The van der Waals surface area contributed by atoms with Gasteiger partial charge in [-0.15, -0.1) is 11.3 Å². The van der Waals surface area contributed by atoms with E-state index in [2.05, 4.69) is 10.3 Å². The lowest BCUT2D eigenvalue weighted by atomic mass is 10.1. The number of nitro benzene ring substituents is 1. The van der Waals surface area contributed by atoms with E-state index in [0.717, 1.165) is 10.7 Å². The molecule has 1 aromatic heterocycles. The number of aromatic carboxylic acids is 1. The van der Waals surface area contributed by atoms with Gasteiger partial charge in [0.1, 0.15) is 5.56 Å². The number of thiazole rings is 1. The minimum absolute atomic E-state index is 0.329. The van der Waals surface area contributed by atoms with Crippen molar-refractivity contribution in [3.63, 3.8) is 0 Å². The van der Waals surface area contributed by atoms with Gasteiger partial charge in [-0.2, -0.15) is 0 Å². The number of benzene rings is 1. The summed E-state index contributed by atoms with van der Waals surface area (Å²) in [5.74, 6) is -1.32. The van der Waals surface area contributed by atoms with Crippen molar-refractivity contribution < 1.29 is 14.8 Å². The monoisotopic (exact) mass is 293 g/mol. The fraction of sp³-hybridized carbons (Fsp3) is 0.167. The maximum Gasteiger partial charge on any atom is 0.342 e. The highest BCUT2D eigenvalue weighted by molar-refractivity contribution is 7.09. The van der Waals surface area contributed by atoms with Crippen molar-refractivity contribution in [2.75, 3.05) is 5.32 Å². The van der Waals surface area contributed by atoms with Crippen LogP contribution in [0.25, 0.3) is 0 Å². The predicted molar refractivity (Wildman–Crippen MR) is 74.2 cm³/mol. The molecule has 8 heteroatoms. The van der Waals surface area contributed by atoms with Crippen LogP contribution in [0, 0.1) is 17.0 Å². The third-order valence-corrected chi connectivity index (χ3v) is 3.39. The second kappa shape index (κ2) is 5.66. The standard InChI is InChI=1S/C12H11N3O4S/c1-7-14-9(6-20-7)5-13-8-2-3-10(12(16)17)11(4-8)15(18)19/h2-4,6,13H,5H2,1H3,(H,16,17). The minimum Gasteiger partial charge on any atom is -0.477 e. The van der Waals surface area contributed by atoms with Crippen LogP contribution in [0.4, 0.5) is 11.4 Å². The molecule has 0 spiro atoms. The summed E-state index contributed by atoms with van der Waals surface area (Å²) in [6.45, 7) is 2.31. The van der Waals surface area contributed by atoms with Gasteiger partial charge in [0.15, 0.2) is 0 Å². The number of anilines is 1. The summed E-state index contributed by atoms with van der Waals surface area (Å²) in [4.78, 5) is 25.3. The first-order valence-corrected chi connectivity index (χ1v) is 6.52. The Kier molecular flexibility index (Phi) is 3.94. The van der Waals surface area contributed by atoms with Crippen molar-refractivity contribution >= 4 is 28.7 Å². The van der Waals surface area contributed by atoms with Crippen LogP contribution >= 0.6 is 11.3 Å². The topological polar surface area (TPSA) is 105 Å². The third kappa shape index (κ3) is 3.09. The molecule has 0 radical (unpaired) electrons. The molecule has 0 fully saturated rings. The molecule has 2 rings (SSSR count). The molecule has 0 aliphatic rings. The van der Waals surface area contributed by atoms with E-state index >= 15 is 0 Å². The first-order chi connectivity index (χ1) is 9.47. The molecule has 0 aliphatic heterocycles. The van der Waals surface area contributed by atoms with E-state index in [-0.39, 0.29) is 5.56 Å². The Morgan fingerprint density at radius 3 is 2.85 bits per heavy atom. The zero-order chi connectivity index (χ0) is 14.7. The second-order valence-corrected chi connectivity index (χ2v) is 5.07. The normalized spacial score (nSPS) is 10.2. The van der Waals surface area contributed by atoms with Gasteiger partial charge in [-0.3, -0.25) is 10.1 Å². The van der Waals surface area contributed by atoms with Crippen molar-refractivity contribution in [2.45, 2.75) is 13.5 Å². The number of hydrogen-bond acceptors (Lipinski definition) is 6. The number of aryl methyl sites for hydroxylation is 1. The Labute approximate surface area is 118 Å². The lowest BCUT2D eigenvalue weighted by Gasteiger charge is -2.05. The molecular weight excluding hydrogens is 282 g/mol. The van der Waals surface area contributed by atoms with E-state index in [0.29, 0.717) is 12.2 Å². The minimum atomic E-state index is -1.32. The van der Waals surface area contributed by atoms with Crippen LogP contribution in [0.3, 0.4) is 0 Å². The smallest absolute Gasteiger partial charge is 0.342 e. The first-order valence-electron chi connectivity index (χ1n) is 5.64. The molecule has 0 unspecified atom stereocenters. The molecule has 0 atom stereocenters. The largest absolute Gasteiger partial charge is 0.477 e. The van der Waals surface area contributed by atoms with Crippen molar-refractivity contribution in [3.05, 3.63) is 50.0 Å². The van der Waals surface area contributed by atoms with Crippen molar-refractivity contribution in [2.24, 2.45) is 0 Å². The van der Waals surface area contributed by atoms with E-state index in [1.165, 1.54) is 29.5 Å². The van der Waals surface area contributed by atoms with Crippen molar-refractivity contribution in [1.82, 2.24) is 4.98 Å². The van der Waals surface area contributed by atoms with Gasteiger partial charge in [-0.1, -0.05) is 0 Å². The molecule has 7 nitrogen and oxygen atoms in total. The molecule has 1 heterocycles. The Morgan fingerprint density at radius 1 is 1.55 bits per heavy atom. The van der Waals surface area contributed by atoms with Gasteiger partial charge >= 0.3 is 5.97 Å². The van der Waals surface area contributed by atoms with Gasteiger partial charge in [-0.25, -0.2) is 9.78 Å². The summed E-state index contributed by atoms with van der Waals surface area (Å²) in [7, 11) is 0. The highest BCUT2D eigenvalue weighted by Crippen LogP contribution is 2.23. The van der Waals surface area contributed by atoms with Gasteiger partial charge in [0.05, 0.1) is 22.2 Å². The molecule has 0 saturated heterocycles. The first kappa shape index (κ1) is 13.9. The predicted octanol–water partition coefficient (Wildman–Crippen LogP) is 2.67. The van der Waals surface area contributed by atoms with Crippen LogP contribution in [0.1, 0.15) is 21.1 Å². The molecule has 2 N–H and O–H groups in total. The number of nitro groups is 1. The summed E-state index contributed by atoms with van der Waals surface area (Å²) >= 11 is 1.52. The highest BCUT2D eigenvalue weighted by Gasteiger charge is 2.19. The summed E-state index contributed by atoms with van der Waals surface area (Å²) < 4.78 is 0. The van der Waals surface area contributed by atoms with Gasteiger partial charge in [0.2, 0.25) is 0 Å². The van der Waals surface area contributed by atoms with Crippen LogP contribution in [0.15, 0.2) is 23.6 Å². The highest BCUT2D eigenvalue weighted by atomic mass is 32.1. The number of nitrogens with one attached hydrogen (secondary N) is 1. The number of carboxylic acid groups (broad SMARTS) is 1. The van der Waals surface area contributed by atoms with Gasteiger partial charge < -0.3 is 10.4 Å². The lowest BCUT2D eigenvalue weighted by Crippen LogP contribution is -2.05. The average molecular weight is 293 g/mol. The Bertz CT molecular complexity index is 668. The fourth-order valence-corrected chi connectivity index (χ4v) is 2.27.